The van der Waals surface area contributed by atoms with Gasteiger partial charge in [-0.1, -0.05) is 24.3 Å². The highest BCUT2D eigenvalue weighted by Crippen LogP contribution is 2.16. The van der Waals surface area contributed by atoms with Crippen LogP contribution in [-0.2, 0) is 22.7 Å². The van der Waals surface area contributed by atoms with Crippen LogP contribution in [0.4, 0.5) is 0 Å². The number of nitrogens with one attached hydrogen (secondary N) is 4. The maximum atomic E-state index is 12.1. The van der Waals surface area contributed by atoms with E-state index in [4.69, 9.17) is 0 Å². The zero-order valence-electron chi connectivity index (χ0n) is 16.8. The molecule has 0 saturated carbocycles. The number of hydrogen-bond donors (Lipinski definition) is 4. The molecule has 2 fully saturated rings. The summed E-state index contributed by atoms with van der Waals surface area (Å²) in [5.41, 5.74) is 2.17. The van der Waals surface area contributed by atoms with Crippen molar-refractivity contribution < 1.29 is 9.59 Å². The molecule has 6 heteroatoms. The second-order valence-electron chi connectivity index (χ2n) is 8.16. The number of carbonyl (C=O) groups excluding carboxylic acids is 2. The fourth-order valence-corrected chi connectivity index (χ4v) is 4.02. The SMILES string of the molecule is O=C(CC1CCNCC1)NCc1ccc(CNC(=O)CC2CCNCC2)cc1. The summed E-state index contributed by atoms with van der Waals surface area (Å²) in [5, 5.41) is 12.7. The van der Waals surface area contributed by atoms with Gasteiger partial charge in [0.15, 0.2) is 0 Å². The minimum Gasteiger partial charge on any atom is -0.352 e. The van der Waals surface area contributed by atoms with Crippen molar-refractivity contribution in [3.8, 4) is 0 Å². The second-order valence-corrected chi connectivity index (χ2v) is 8.16. The van der Waals surface area contributed by atoms with Gasteiger partial charge in [-0.05, 0) is 74.8 Å². The first-order valence-electron chi connectivity index (χ1n) is 10.7. The number of hydrogen-bond acceptors (Lipinski definition) is 4. The third-order valence-electron chi connectivity index (χ3n) is 5.87. The summed E-state index contributed by atoms with van der Waals surface area (Å²) in [4.78, 5) is 24.2. The Morgan fingerprint density at radius 1 is 0.714 bits per heavy atom. The van der Waals surface area contributed by atoms with Gasteiger partial charge in [0.05, 0.1) is 0 Å². The summed E-state index contributed by atoms with van der Waals surface area (Å²) >= 11 is 0. The smallest absolute Gasteiger partial charge is 0.220 e. The van der Waals surface area contributed by atoms with E-state index in [2.05, 4.69) is 21.3 Å². The van der Waals surface area contributed by atoms with E-state index in [0.29, 0.717) is 37.8 Å². The molecule has 0 unspecified atom stereocenters. The Morgan fingerprint density at radius 2 is 1.07 bits per heavy atom. The molecule has 1 aromatic rings. The van der Waals surface area contributed by atoms with Crippen LogP contribution in [0.3, 0.4) is 0 Å². The van der Waals surface area contributed by atoms with Crippen LogP contribution in [0.1, 0.15) is 49.7 Å². The van der Waals surface area contributed by atoms with Crippen LogP contribution < -0.4 is 21.3 Å². The molecule has 28 heavy (non-hydrogen) atoms. The molecule has 0 radical (unpaired) electrons. The van der Waals surface area contributed by atoms with Gasteiger partial charge in [0.25, 0.3) is 0 Å². The molecular weight excluding hydrogens is 352 g/mol. The Labute approximate surface area is 168 Å². The van der Waals surface area contributed by atoms with Gasteiger partial charge < -0.3 is 21.3 Å². The van der Waals surface area contributed by atoms with Crippen LogP contribution in [0.2, 0.25) is 0 Å². The van der Waals surface area contributed by atoms with Crippen molar-refractivity contribution in [3.05, 3.63) is 35.4 Å². The number of rotatable bonds is 8. The topological polar surface area (TPSA) is 82.3 Å². The number of benzene rings is 1. The van der Waals surface area contributed by atoms with Crippen LogP contribution in [0.25, 0.3) is 0 Å². The molecule has 2 aliphatic rings. The molecule has 4 N–H and O–H groups in total. The van der Waals surface area contributed by atoms with Gasteiger partial charge in [0.2, 0.25) is 11.8 Å². The maximum Gasteiger partial charge on any atom is 0.220 e. The highest BCUT2D eigenvalue weighted by atomic mass is 16.2. The molecule has 154 valence electrons. The van der Waals surface area contributed by atoms with E-state index in [1.165, 1.54) is 0 Å². The first kappa shape index (κ1) is 20.8. The molecule has 3 rings (SSSR count). The first-order chi connectivity index (χ1) is 13.7. The van der Waals surface area contributed by atoms with Crippen molar-refractivity contribution in [1.82, 2.24) is 21.3 Å². The van der Waals surface area contributed by atoms with E-state index in [1.807, 2.05) is 24.3 Å². The van der Waals surface area contributed by atoms with Crippen molar-refractivity contribution in [2.45, 2.75) is 51.6 Å². The fraction of sp³-hybridized carbons (Fsp3) is 0.636. The summed E-state index contributed by atoms with van der Waals surface area (Å²) < 4.78 is 0. The van der Waals surface area contributed by atoms with Crippen molar-refractivity contribution >= 4 is 11.8 Å². The Bertz CT molecular complexity index is 565. The number of amides is 2. The standard InChI is InChI=1S/C22H34N4O2/c27-21(13-17-5-9-23-10-6-17)25-15-19-1-2-20(4-3-19)16-26-22(28)14-18-7-11-24-12-8-18/h1-4,17-18,23-24H,5-16H2,(H,25,27)(H,26,28). The minimum absolute atomic E-state index is 0.140. The van der Waals surface area contributed by atoms with Crippen molar-refractivity contribution in [2.24, 2.45) is 11.8 Å². The third kappa shape index (κ3) is 7.24. The summed E-state index contributed by atoms with van der Waals surface area (Å²) in [5.74, 6) is 1.30. The molecule has 2 aliphatic heterocycles. The molecule has 0 atom stereocenters. The van der Waals surface area contributed by atoms with Gasteiger partial charge >= 0.3 is 0 Å². The predicted octanol–water partition coefficient (Wildman–Crippen LogP) is 1.70. The molecule has 0 aliphatic carbocycles. The Balaban J connectivity index is 1.33. The largest absolute Gasteiger partial charge is 0.352 e. The van der Waals surface area contributed by atoms with E-state index >= 15 is 0 Å². The normalized spacial score (nSPS) is 18.6. The highest BCUT2D eigenvalue weighted by Gasteiger charge is 2.17. The van der Waals surface area contributed by atoms with Crippen LogP contribution in [-0.4, -0.2) is 38.0 Å². The monoisotopic (exact) mass is 386 g/mol. The van der Waals surface area contributed by atoms with Gasteiger partial charge in [-0.15, -0.1) is 0 Å². The van der Waals surface area contributed by atoms with E-state index in [9.17, 15) is 9.59 Å². The molecule has 2 saturated heterocycles. The van der Waals surface area contributed by atoms with Gasteiger partial charge in [-0.3, -0.25) is 9.59 Å². The molecule has 0 bridgehead atoms. The average Bonchev–Trinajstić information content (AvgIpc) is 2.73. The lowest BCUT2D eigenvalue weighted by atomic mass is 9.94. The number of carbonyl (C=O) groups is 2. The summed E-state index contributed by atoms with van der Waals surface area (Å²) in [7, 11) is 0. The molecule has 1 aromatic carbocycles. The third-order valence-corrected chi connectivity index (χ3v) is 5.87. The van der Waals surface area contributed by atoms with Crippen LogP contribution in [0.5, 0.6) is 0 Å². The van der Waals surface area contributed by atoms with Crippen molar-refractivity contribution in [1.29, 1.82) is 0 Å². The lowest BCUT2D eigenvalue weighted by Gasteiger charge is -2.22. The van der Waals surface area contributed by atoms with Gasteiger partial charge in [0, 0.05) is 25.9 Å². The van der Waals surface area contributed by atoms with E-state index < -0.39 is 0 Å². The van der Waals surface area contributed by atoms with E-state index in [0.717, 1.165) is 63.0 Å². The number of piperidine rings is 2. The zero-order valence-corrected chi connectivity index (χ0v) is 16.8. The quantitative estimate of drug-likeness (QED) is 0.548. The fourth-order valence-electron chi connectivity index (χ4n) is 4.02. The van der Waals surface area contributed by atoms with Crippen LogP contribution in [0, 0.1) is 11.8 Å². The van der Waals surface area contributed by atoms with Crippen LogP contribution in [0.15, 0.2) is 24.3 Å². The molecule has 0 spiro atoms. The van der Waals surface area contributed by atoms with E-state index in [1.54, 1.807) is 0 Å². The summed E-state index contributed by atoms with van der Waals surface area (Å²) in [6, 6.07) is 8.11. The van der Waals surface area contributed by atoms with Crippen molar-refractivity contribution in [2.75, 3.05) is 26.2 Å². The molecule has 2 heterocycles. The zero-order chi connectivity index (χ0) is 19.6. The molecule has 0 aromatic heterocycles. The maximum absolute atomic E-state index is 12.1. The Kier molecular flexibility index (Phi) is 8.30. The minimum atomic E-state index is 0.140. The van der Waals surface area contributed by atoms with Crippen molar-refractivity contribution in [3.63, 3.8) is 0 Å². The highest BCUT2D eigenvalue weighted by molar-refractivity contribution is 5.76. The Hall–Kier alpha value is -1.92. The summed E-state index contributed by atoms with van der Waals surface area (Å²) in [6.45, 7) is 5.21. The molecular formula is C22H34N4O2. The van der Waals surface area contributed by atoms with Gasteiger partial charge in [-0.2, -0.15) is 0 Å². The summed E-state index contributed by atoms with van der Waals surface area (Å²) in [6.07, 6.45) is 5.61. The average molecular weight is 387 g/mol. The molecule has 6 nitrogen and oxygen atoms in total. The van der Waals surface area contributed by atoms with Gasteiger partial charge in [-0.25, -0.2) is 0 Å². The predicted molar refractivity (Wildman–Crippen MR) is 111 cm³/mol. The van der Waals surface area contributed by atoms with Crippen LogP contribution >= 0.6 is 0 Å². The Morgan fingerprint density at radius 3 is 1.43 bits per heavy atom. The van der Waals surface area contributed by atoms with Gasteiger partial charge in [0.1, 0.15) is 0 Å². The van der Waals surface area contributed by atoms with E-state index in [-0.39, 0.29) is 11.8 Å². The first-order valence-corrected chi connectivity index (χ1v) is 10.7. The second kappa shape index (κ2) is 11.2. The molecule has 2 amide bonds. The lowest BCUT2D eigenvalue weighted by Crippen LogP contribution is -2.32. The lowest BCUT2D eigenvalue weighted by molar-refractivity contribution is -0.123.